The second-order valence-corrected chi connectivity index (χ2v) is 2.76. The van der Waals surface area contributed by atoms with Gasteiger partial charge in [-0.05, 0) is 12.1 Å². The molecule has 64 valence electrons. The van der Waals surface area contributed by atoms with Gasteiger partial charge in [-0.2, -0.15) is 0 Å². The van der Waals surface area contributed by atoms with Crippen molar-refractivity contribution in [2.45, 2.75) is 13.8 Å². The first kappa shape index (κ1) is 10.1. The van der Waals surface area contributed by atoms with E-state index in [4.69, 9.17) is 0 Å². The van der Waals surface area contributed by atoms with Crippen LogP contribution in [0, 0.1) is 5.92 Å². The van der Waals surface area contributed by atoms with E-state index < -0.39 is 0 Å². The van der Waals surface area contributed by atoms with Gasteiger partial charge in [0.15, 0.2) is 0 Å². The maximum absolute atomic E-state index is 3.89. The Morgan fingerprint density at radius 3 is 2.55 bits per heavy atom. The number of rotatable bonds is 6. The zero-order chi connectivity index (χ0) is 8.69. The normalized spacial score (nSPS) is 9.36. The molecular weight excluding hydrogens is 136 g/mol. The monoisotopic (exact) mass is 154 g/mol. The lowest BCUT2D eigenvalue weighted by Gasteiger charge is -2.11. The Morgan fingerprint density at radius 2 is 2.09 bits per heavy atom. The molecule has 0 aromatic carbocycles. The minimum absolute atomic E-state index is 0.513. The summed E-state index contributed by atoms with van der Waals surface area (Å²) < 4.78 is 0. The molecule has 0 heterocycles. The van der Waals surface area contributed by atoms with Crippen molar-refractivity contribution in [3.63, 3.8) is 0 Å². The van der Waals surface area contributed by atoms with Crippen LogP contribution < -0.4 is 10.6 Å². The molecule has 0 saturated heterocycles. The zero-order valence-corrected chi connectivity index (χ0v) is 7.48. The lowest BCUT2D eigenvalue weighted by Crippen LogP contribution is -2.25. The first-order valence-electron chi connectivity index (χ1n) is 3.95. The van der Waals surface area contributed by atoms with Gasteiger partial charge in [0.2, 0.25) is 0 Å². The minimum atomic E-state index is 0.513. The van der Waals surface area contributed by atoms with Crippen molar-refractivity contribution in [1.29, 1.82) is 0 Å². The topological polar surface area (TPSA) is 24.1 Å². The van der Waals surface area contributed by atoms with Crippen molar-refractivity contribution in [3.8, 4) is 0 Å². The molecule has 11 heavy (non-hydrogen) atoms. The van der Waals surface area contributed by atoms with Crippen molar-refractivity contribution < 1.29 is 0 Å². The van der Waals surface area contributed by atoms with Gasteiger partial charge in [0, 0.05) is 18.8 Å². The van der Waals surface area contributed by atoms with E-state index in [0.717, 1.165) is 18.8 Å². The van der Waals surface area contributed by atoms with Crippen LogP contribution in [0.15, 0.2) is 25.1 Å². The van der Waals surface area contributed by atoms with Gasteiger partial charge in [-0.3, -0.25) is 0 Å². The molecule has 0 saturated carbocycles. The average molecular weight is 154 g/mol. The van der Waals surface area contributed by atoms with Crippen molar-refractivity contribution in [1.82, 2.24) is 10.6 Å². The van der Waals surface area contributed by atoms with Crippen LogP contribution >= 0.6 is 0 Å². The van der Waals surface area contributed by atoms with E-state index in [-0.39, 0.29) is 0 Å². The number of allylic oxidation sites excluding steroid dienone is 1. The zero-order valence-electron chi connectivity index (χ0n) is 7.48. The summed E-state index contributed by atoms with van der Waals surface area (Å²) in [5.74, 6) is 0.513. The van der Waals surface area contributed by atoms with Crippen LogP contribution in [0.5, 0.6) is 0 Å². The molecule has 0 atom stereocenters. The maximum atomic E-state index is 3.89. The van der Waals surface area contributed by atoms with E-state index in [9.17, 15) is 0 Å². The third kappa shape index (κ3) is 5.52. The third-order valence-electron chi connectivity index (χ3n) is 1.46. The van der Waals surface area contributed by atoms with Crippen molar-refractivity contribution in [2.75, 3.05) is 13.1 Å². The number of nitrogens with one attached hydrogen (secondary N) is 2. The van der Waals surface area contributed by atoms with Gasteiger partial charge in [-0.15, -0.1) is 0 Å². The fraction of sp³-hybridized carbons (Fsp3) is 0.556. The molecule has 0 aliphatic carbocycles. The summed E-state index contributed by atoms with van der Waals surface area (Å²) in [5, 5.41) is 6.21. The molecule has 2 heteroatoms. The highest BCUT2D eigenvalue weighted by Crippen LogP contribution is 2.00. The van der Waals surface area contributed by atoms with E-state index in [1.165, 1.54) is 0 Å². The van der Waals surface area contributed by atoms with Crippen molar-refractivity contribution in [3.05, 3.63) is 25.1 Å². The molecule has 0 aliphatic rings. The molecule has 0 aromatic heterocycles. The highest BCUT2D eigenvalue weighted by Gasteiger charge is 1.96. The first-order valence-corrected chi connectivity index (χ1v) is 3.95. The number of hydrogen-bond donors (Lipinski definition) is 2. The molecule has 0 amide bonds. The second-order valence-electron chi connectivity index (χ2n) is 2.76. The molecule has 0 bridgehead atoms. The van der Waals surface area contributed by atoms with Crippen LogP contribution in [0.4, 0.5) is 0 Å². The highest BCUT2D eigenvalue weighted by atomic mass is 14.9. The van der Waals surface area contributed by atoms with Crippen molar-refractivity contribution in [2.24, 2.45) is 5.92 Å². The van der Waals surface area contributed by atoms with Crippen LogP contribution in [-0.2, 0) is 0 Å². The Bertz CT molecular complexity index is 128. The fourth-order valence-electron chi connectivity index (χ4n) is 0.601. The van der Waals surface area contributed by atoms with Gasteiger partial charge >= 0.3 is 0 Å². The van der Waals surface area contributed by atoms with Crippen LogP contribution in [0.3, 0.4) is 0 Å². The molecular formula is C9H18N2. The summed E-state index contributed by atoms with van der Waals surface area (Å²) in [6.07, 6.45) is 1.69. The summed E-state index contributed by atoms with van der Waals surface area (Å²) >= 11 is 0. The smallest absolute Gasteiger partial charge is 0.0317 e. The Morgan fingerprint density at radius 1 is 1.45 bits per heavy atom. The molecule has 0 fully saturated rings. The molecule has 0 aromatic rings. The van der Waals surface area contributed by atoms with Crippen LogP contribution in [0.1, 0.15) is 13.8 Å². The van der Waals surface area contributed by atoms with Crippen LogP contribution in [0.25, 0.3) is 0 Å². The third-order valence-corrected chi connectivity index (χ3v) is 1.46. The van der Waals surface area contributed by atoms with E-state index in [1.807, 2.05) is 0 Å². The van der Waals surface area contributed by atoms with Gasteiger partial charge in [-0.1, -0.05) is 27.0 Å². The van der Waals surface area contributed by atoms with Crippen LogP contribution in [0.2, 0.25) is 0 Å². The van der Waals surface area contributed by atoms with E-state index in [1.54, 1.807) is 6.20 Å². The van der Waals surface area contributed by atoms with Gasteiger partial charge in [-0.25, -0.2) is 0 Å². The Labute approximate surface area is 69.4 Å². The van der Waals surface area contributed by atoms with E-state index >= 15 is 0 Å². The molecule has 0 spiro atoms. The summed E-state index contributed by atoms with van der Waals surface area (Å²) in [5.41, 5.74) is 1.09. The number of hydrogen-bond acceptors (Lipinski definition) is 2. The Balaban J connectivity index is 3.24. The molecule has 0 aliphatic heterocycles. The molecule has 0 radical (unpaired) electrons. The standard InChI is InChI=1S/C9H18N2/c1-5-10-6-7-11-9(4)8(2)3/h5,8,10-11H,1,4,6-7H2,2-3H3. The molecule has 2 nitrogen and oxygen atoms in total. The summed E-state index contributed by atoms with van der Waals surface area (Å²) in [6.45, 7) is 13.5. The Kier molecular flexibility index (Phi) is 5.35. The quantitative estimate of drug-likeness (QED) is 0.566. The van der Waals surface area contributed by atoms with Gasteiger partial charge < -0.3 is 10.6 Å². The Hall–Kier alpha value is -0.920. The van der Waals surface area contributed by atoms with Gasteiger partial charge in [0.05, 0.1) is 0 Å². The predicted molar refractivity (Wildman–Crippen MR) is 50.2 cm³/mol. The van der Waals surface area contributed by atoms with Crippen molar-refractivity contribution >= 4 is 0 Å². The minimum Gasteiger partial charge on any atom is -0.390 e. The fourth-order valence-corrected chi connectivity index (χ4v) is 0.601. The van der Waals surface area contributed by atoms with E-state index in [2.05, 4.69) is 37.6 Å². The largest absolute Gasteiger partial charge is 0.390 e. The van der Waals surface area contributed by atoms with Gasteiger partial charge in [0.1, 0.15) is 0 Å². The summed E-state index contributed by atoms with van der Waals surface area (Å²) in [7, 11) is 0. The van der Waals surface area contributed by atoms with E-state index in [0.29, 0.717) is 5.92 Å². The molecule has 2 N–H and O–H groups in total. The second kappa shape index (κ2) is 5.83. The lowest BCUT2D eigenvalue weighted by atomic mass is 10.1. The molecule has 0 unspecified atom stereocenters. The summed E-state index contributed by atoms with van der Waals surface area (Å²) in [4.78, 5) is 0. The molecule has 0 rings (SSSR count). The average Bonchev–Trinajstić information content (AvgIpc) is 1.97. The maximum Gasteiger partial charge on any atom is 0.0317 e. The highest BCUT2D eigenvalue weighted by molar-refractivity contribution is 4.94. The van der Waals surface area contributed by atoms with Crippen LogP contribution in [-0.4, -0.2) is 13.1 Å². The first-order chi connectivity index (χ1) is 5.18. The summed E-state index contributed by atoms with van der Waals surface area (Å²) in [6, 6.07) is 0. The lowest BCUT2D eigenvalue weighted by molar-refractivity contribution is 0.643. The SMILES string of the molecule is C=CNCCNC(=C)C(C)C. The van der Waals surface area contributed by atoms with Gasteiger partial charge in [0.25, 0.3) is 0 Å². The predicted octanol–water partition coefficient (Wildman–Crippen LogP) is 1.48.